The second-order valence-corrected chi connectivity index (χ2v) is 5.38. The molecule has 1 aliphatic heterocycles. The summed E-state index contributed by atoms with van der Waals surface area (Å²) in [5.41, 5.74) is -0.0726. The van der Waals surface area contributed by atoms with Gasteiger partial charge in [0.1, 0.15) is 23.2 Å². The summed E-state index contributed by atoms with van der Waals surface area (Å²) in [5.74, 6) is 0.699. The van der Waals surface area contributed by atoms with E-state index in [1.165, 1.54) is 6.07 Å². The summed E-state index contributed by atoms with van der Waals surface area (Å²) in [4.78, 5) is 12.2. The van der Waals surface area contributed by atoms with Gasteiger partial charge in [0.2, 0.25) is 0 Å². The van der Waals surface area contributed by atoms with E-state index in [-0.39, 0.29) is 11.9 Å². The molecule has 0 bridgehead atoms. The van der Waals surface area contributed by atoms with Gasteiger partial charge in [-0.2, -0.15) is 0 Å². The highest BCUT2D eigenvalue weighted by molar-refractivity contribution is 6.04. The molecule has 112 valence electrons. The zero-order chi connectivity index (χ0) is 15.1. The van der Waals surface area contributed by atoms with Gasteiger partial charge in [0.25, 0.3) is 0 Å². The molecule has 1 unspecified atom stereocenters. The molecule has 1 aliphatic rings. The largest absolute Gasteiger partial charge is 0.508 e. The minimum Gasteiger partial charge on any atom is -0.508 e. The van der Waals surface area contributed by atoms with Crippen molar-refractivity contribution < 1.29 is 19.0 Å². The zero-order valence-corrected chi connectivity index (χ0v) is 11.7. The average molecular weight is 298 g/mol. The lowest BCUT2D eigenvalue weighted by atomic mass is 10.1. The Bertz CT molecular complexity index is 906. The highest BCUT2D eigenvalue weighted by Crippen LogP contribution is 2.28. The maximum absolute atomic E-state index is 12.2. The van der Waals surface area contributed by atoms with Gasteiger partial charge in [-0.05, 0) is 30.3 Å². The summed E-state index contributed by atoms with van der Waals surface area (Å²) < 4.78 is 16.4. The topological polar surface area (TPSA) is 68.9 Å². The van der Waals surface area contributed by atoms with Crippen LogP contribution in [0.3, 0.4) is 0 Å². The first kappa shape index (κ1) is 13.2. The number of fused-ring (bicyclic) bond motifs is 3. The first-order chi connectivity index (χ1) is 10.7. The summed E-state index contributed by atoms with van der Waals surface area (Å²) in [6.45, 7) is 1.28. The summed E-state index contributed by atoms with van der Waals surface area (Å²) in [6, 6.07) is 10.1. The van der Waals surface area contributed by atoms with Crippen LogP contribution in [0.15, 0.2) is 45.6 Å². The third-order valence-corrected chi connectivity index (χ3v) is 3.86. The van der Waals surface area contributed by atoms with Crippen LogP contribution < -0.4 is 10.4 Å². The van der Waals surface area contributed by atoms with Crippen LogP contribution in [0.5, 0.6) is 11.5 Å². The maximum atomic E-state index is 12.2. The fraction of sp³-hybridized carbons (Fsp3) is 0.235. The predicted octanol–water partition coefficient (Wildman–Crippen LogP) is 2.82. The second-order valence-electron chi connectivity index (χ2n) is 5.38. The molecule has 2 heterocycles. The van der Waals surface area contributed by atoms with Gasteiger partial charge in [-0.15, -0.1) is 0 Å². The lowest BCUT2D eigenvalue weighted by molar-refractivity contribution is 0.141. The Labute approximate surface area is 125 Å². The molecule has 22 heavy (non-hydrogen) atoms. The molecule has 1 aromatic heterocycles. The lowest BCUT2D eigenvalue weighted by Gasteiger charge is -2.12. The predicted molar refractivity (Wildman–Crippen MR) is 81.5 cm³/mol. The molecule has 2 aromatic carbocycles. The quantitative estimate of drug-likeness (QED) is 0.582. The van der Waals surface area contributed by atoms with Gasteiger partial charge in [-0.3, -0.25) is 0 Å². The Balaban J connectivity index is 1.85. The van der Waals surface area contributed by atoms with Crippen LogP contribution in [0.4, 0.5) is 0 Å². The van der Waals surface area contributed by atoms with Gasteiger partial charge in [0.05, 0.1) is 18.6 Å². The minimum absolute atomic E-state index is 0.0295. The first-order valence-corrected chi connectivity index (χ1v) is 7.15. The lowest BCUT2D eigenvalue weighted by Crippen LogP contribution is -2.15. The third-order valence-electron chi connectivity index (χ3n) is 3.86. The van der Waals surface area contributed by atoms with Gasteiger partial charge >= 0.3 is 5.63 Å². The summed E-state index contributed by atoms with van der Waals surface area (Å²) in [6.07, 6.45) is 0.880. The summed E-state index contributed by atoms with van der Waals surface area (Å²) in [7, 11) is 0. The van der Waals surface area contributed by atoms with E-state index in [1.54, 1.807) is 18.2 Å². The number of phenols is 1. The van der Waals surface area contributed by atoms with Crippen molar-refractivity contribution in [2.45, 2.75) is 12.5 Å². The maximum Gasteiger partial charge on any atom is 0.344 e. The SMILES string of the molecule is O=c1oc2cc(O)ccc2c2ccc(OC3CCOC3)cc12. The molecule has 1 atom stereocenters. The number of rotatable bonds is 2. The standard InChI is InChI=1S/C17H14O5/c18-10-1-3-14-13-4-2-11(21-12-5-6-20-9-12)8-15(13)17(19)22-16(14)7-10/h1-4,7-8,12,18H,5-6,9H2. The van der Waals surface area contributed by atoms with E-state index in [0.717, 1.165) is 17.2 Å². The Morgan fingerprint density at radius 3 is 2.77 bits per heavy atom. The molecule has 3 aromatic rings. The molecule has 0 saturated carbocycles. The van der Waals surface area contributed by atoms with Crippen LogP contribution >= 0.6 is 0 Å². The second kappa shape index (κ2) is 5.03. The van der Waals surface area contributed by atoms with Crippen LogP contribution in [0, 0.1) is 0 Å². The molecule has 1 fully saturated rings. The van der Waals surface area contributed by atoms with E-state index >= 15 is 0 Å². The molecule has 5 heteroatoms. The molecule has 0 spiro atoms. The van der Waals surface area contributed by atoms with Crippen LogP contribution in [0.2, 0.25) is 0 Å². The van der Waals surface area contributed by atoms with Crippen molar-refractivity contribution in [3.8, 4) is 11.5 Å². The van der Waals surface area contributed by atoms with Crippen molar-refractivity contribution in [2.75, 3.05) is 13.2 Å². The van der Waals surface area contributed by atoms with Gasteiger partial charge in [0.15, 0.2) is 0 Å². The smallest absolute Gasteiger partial charge is 0.344 e. The van der Waals surface area contributed by atoms with Crippen molar-refractivity contribution in [3.05, 3.63) is 46.8 Å². The Hall–Kier alpha value is -2.53. The van der Waals surface area contributed by atoms with Crippen LogP contribution in [-0.4, -0.2) is 24.4 Å². The van der Waals surface area contributed by atoms with Crippen LogP contribution in [0.25, 0.3) is 21.7 Å². The van der Waals surface area contributed by atoms with E-state index < -0.39 is 5.63 Å². The fourth-order valence-corrected chi connectivity index (χ4v) is 2.77. The van der Waals surface area contributed by atoms with Gasteiger partial charge in [-0.25, -0.2) is 4.79 Å². The normalized spacial score (nSPS) is 18.1. The molecule has 4 rings (SSSR count). The Morgan fingerprint density at radius 2 is 1.95 bits per heavy atom. The van der Waals surface area contributed by atoms with Crippen LogP contribution in [-0.2, 0) is 4.74 Å². The van der Waals surface area contributed by atoms with E-state index in [2.05, 4.69) is 0 Å². The highest BCUT2D eigenvalue weighted by Gasteiger charge is 2.18. The highest BCUT2D eigenvalue weighted by atomic mass is 16.5. The monoisotopic (exact) mass is 298 g/mol. The van der Waals surface area contributed by atoms with Crippen molar-refractivity contribution in [3.63, 3.8) is 0 Å². The Kier molecular flexibility index (Phi) is 3.01. The number of ether oxygens (including phenoxy) is 2. The number of benzene rings is 2. The van der Waals surface area contributed by atoms with E-state index in [1.807, 2.05) is 12.1 Å². The molecular formula is C17H14O5. The molecule has 1 saturated heterocycles. The van der Waals surface area contributed by atoms with E-state index in [9.17, 15) is 9.90 Å². The van der Waals surface area contributed by atoms with Gasteiger partial charge in [-0.1, -0.05) is 0 Å². The number of hydrogen-bond donors (Lipinski definition) is 1. The summed E-state index contributed by atoms with van der Waals surface area (Å²) in [5, 5.41) is 11.5. The van der Waals surface area contributed by atoms with Gasteiger partial charge in [0, 0.05) is 23.3 Å². The molecular weight excluding hydrogens is 284 g/mol. The molecule has 0 aliphatic carbocycles. The zero-order valence-electron chi connectivity index (χ0n) is 11.7. The fourth-order valence-electron chi connectivity index (χ4n) is 2.77. The van der Waals surface area contributed by atoms with E-state index in [4.69, 9.17) is 13.9 Å². The van der Waals surface area contributed by atoms with Crippen LogP contribution in [0.1, 0.15) is 6.42 Å². The van der Waals surface area contributed by atoms with Gasteiger partial charge < -0.3 is 19.0 Å². The first-order valence-electron chi connectivity index (χ1n) is 7.15. The van der Waals surface area contributed by atoms with Crippen molar-refractivity contribution in [2.24, 2.45) is 0 Å². The van der Waals surface area contributed by atoms with Crippen molar-refractivity contribution in [1.29, 1.82) is 0 Å². The van der Waals surface area contributed by atoms with Crippen molar-refractivity contribution in [1.82, 2.24) is 0 Å². The van der Waals surface area contributed by atoms with Crippen molar-refractivity contribution >= 4 is 21.7 Å². The number of hydrogen-bond acceptors (Lipinski definition) is 5. The average Bonchev–Trinajstić information content (AvgIpc) is 3.00. The molecule has 5 nitrogen and oxygen atoms in total. The Morgan fingerprint density at radius 1 is 1.09 bits per heavy atom. The number of aromatic hydroxyl groups is 1. The minimum atomic E-state index is -0.443. The third kappa shape index (κ3) is 2.19. The molecule has 1 N–H and O–H groups in total. The van der Waals surface area contributed by atoms with E-state index in [0.29, 0.717) is 29.9 Å². The summed E-state index contributed by atoms with van der Waals surface area (Å²) >= 11 is 0. The number of phenolic OH excluding ortho intramolecular Hbond substituents is 1. The molecule has 0 radical (unpaired) electrons. The molecule has 0 amide bonds.